The molecule has 1 saturated heterocycles. The lowest BCUT2D eigenvalue weighted by Crippen LogP contribution is -2.36. The van der Waals surface area contributed by atoms with Gasteiger partial charge in [0.2, 0.25) is 0 Å². The van der Waals surface area contributed by atoms with Gasteiger partial charge in [-0.3, -0.25) is 4.79 Å². The van der Waals surface area contributed by atoms with Crippen LogP contribution >= 0.6 is 0 Å². The zero-order valence-corrected chi connectivity index (χ0v) is 14.4. The van der Waals surface area contributed by atoms with Crippen LogP contribution in [-0.4, -0.2) is 59.9 Å². The molecule has 2 fully saturated rings. The first kappa shape index (κ1) is 17.2. The zero-order valence-electron chi connectivity index (χ0n) is 14.4. The molecule has 5 nitrogen and oxygen atoms in total. The molecule has 1 aliphatic carbocycles. The van der Waals surface area contributed by atoms with Gasteiger partial charge in [0.1, 0.15) is 0 Å². The number of hydrogen-bond donors (Lipinski definition) is 2. The number of rotatable bonds is 4. The van der Waals surface area contributed by atoms with Gasteiger partial charge in [0.25, 0.3) is 5.91 Å². The number of anilines is 1. The Morgan fingerprint density at radius 2 is 1.79 bits per heavy atom. The molecule has 1 aliphatic heterocycles. The molecule has 2 aliphatic rings. The molecule has 5 heteroatoms. The van der Waals surface area contributed by atoms with Crippen molar-refractivity contribution in [3.63, 3.8) is 0 Å². The molecule has 24 heavy (non-hydrogen) atoms. The average molecular weight is 332 g/mol. The quantitative estimate of drug-likeness (QED) is 0.884. The van der Waals surface area contributed by atoms with Crippen molar-refractivity contribution in [1.29, 1.82) is 0 Å². The third kappa shape index (κ3) is 3.90. The van der Waals surface area contributed by atoms with Crippen LogP contribution in [0.15, 0.2) is 24.3 Å². The first-order chi connectivity index (χ1) is 11.5. The number of benzene rings is 1. The molecule has 2 N–H and O–H groups in total. The van der Waals surface area contributed by atoms with Crippen molar-refractivity contribution in [2.24, 2.45) is 5.92 Å². The Balaban J connectivity index is 1.59. The lowest BCUT2D eigenvalue weighted by molar-refractivity contribution is 0.0693. The molecule has 1 aromatic carbocycles. The minimum atomic E-state index is -0.267. The van der Waals surface area contributed by atoms with Crippen LogP contribution in [0.25, 0.3) is 0 Å². The van der Waals surface area contributed by atoms with Crippen molar-refractivity contribution in [2.45, 2.75) is 44.3 Å². The number of aliphatic hydroxyl groups is 2. The van der Waals surface area contributed by atoms with Crippen LogP contribution < -0.4 is 4.90 Å². The fourth-order valence-electron chi connectivity index (χ4n) is 3.82. The second-order valence-corrected chi connectivity index (χ2v) is 7.21. The molecule has 1 aromatic rings. The topological polar surface area (TPSA) is 64.0 Å². The molecule has 132 valence electrons. The predicted octanol–water partition coefficient (Wildman–Crippen LogP) is 1.88. The van der Waals surface area contributed by atoms with Crippen LogP contribution in [0.1, 0.15) is 42.5 Å². The lowest BCUT2D eigenvalue weighted by Gasteiger charge is -2.31. The highest BCUT2D eigenvalue weighted by Crippen LogP contribution is 2.26. The van der Waals surface area contributed by atoms with Gasteiger partial charge in [-0.1, -0.05) is 6.42 Å². The van der Waals surface area contributed by atoms with Crippen LogP contribution in [0.3, 0.4) is 0 Å². The summed E-state index contributed by atoms with van der Waals surface area (Å²) >= 11 is 0. The predicted molar refractivity (Wildman–Crippen MR) is 94.2 cm³/mol. The monoisotopic (exact) mass is 332 g/mol. The first-order valence-corrected chi connectivity index (χ1v) is 9.01. The van der Waals surface area contributed by atoms with Gasteiger partial charge in [-0.15, -0.1) is 0 Å². The normalized spacial score (nSPS) is 25.0. The Bertz CT molecular complexity index is 552. The van der Waals surface area contributed by atoms with E-state index >= 15 is 0 Å². The van der Waals surface area contributed by atoms with Crippen molar-refractivity contribution < 1.29 is 15.0 Å². The van der Waals surface area contributed by atoms with Crippen LogP contribution in [0.4, 0.5) is 5.69 Å². The van der Waals surface area contributed by atoms with E-state index in [1.54, 1.807) is 4.90 Å². The fourth-order valence-corrected chi connectivity index (χ4v) is 3.82. The van der Waals surface area contributed by atoms with Crippen LogP contribution in [0.2, 0.25) is 0 Å². The van der Waals surface area contributed by atoms with Gasteiger partial charge < -0.3 is 20.0 Å². The Kier molecular flexibility index (Phi) is 5.41. The summed E-state index contributed by atoms with van der Waals surface area (Å²) in [4.78, 5) is 16.5. The molecular formula is C19H28N2O3. The summed E-state index contributed by atoms with van der Waals surface area (Å²) in [5.41, 5.74) is 1.79. The van der Waals surface area contributed by atoms with Gasteiger partial charge in [0.05, 0.1) is 12.2 Å². The van der Waals surface area contributed by atoms with E-state index in [-0.39, 0.29) is 24.0 Å². The number of aliphatic hydroxyl groups excluding tert-OH is 2. The summed E-state index contributed by atoms with van der Waals surface area (Å²) in [5.74, 6) is 0.215. The molecule has 0 bridgehead atoms. The smallest absolute Gasteiger partial charge is 0.253 e. The Labute approximate surface area is 143 Å². The summed E-state index contributed by atoms with van der Waals surface area (Å²) in [6.45, 7) is 2.33. The molecule has 0 aromatic heterocycles. The Hall–Kier alpha value is -1.59. The van der Waals surface area contributed by atoms with E-state index in [0.29, 0.717) is 12.1 Å². The molecule has 1 heterocycles. The average Bonchev–Trinajstić information content (AvgIpc) is 3.00. The summed E-state index contributed by atoms with van der Waals surface area (Å²) in [7, 11) is 1.81. The van der Waals surface area contributed by atoms with E-state index in [4.69, 9.17) is 0 Å². The minimum Gasteiger partial charge on any atom is -0.393 e. The summed E-state index contributed by atoms with van der Waals surface area (Å²) in [6.07, 6.45) is 4.05. The zero-order chi connectivity index (χ0) is 17.1. The molecule has 3 rings (SSSR count). The Morgan fingerprint density at radius 3 is 2.38 bits per heavy atom. The molecule has 1 amide bonds. The van der Waals surface area contributed by atoms with Crippen LogP contribution in [0.5, 0.6) is 0 Å². The van der Waals surface area contributed by atoms with Crippen molar-refractivity contribution >= 4 is 11.6 Å². The van der Waals surface area contributed by atoms with Gasteiger partial charge in [0.15, 0.2) is 0 Å². The van der Waals surface area contributed by atoms with E-state index in [2.05, 4.69) is 4.90 Å². The van der Waals surface area contributed by atoms with E-state index < -0.39 is 0 Å². The first-order valence-electron chi connectivity index (χ1n) is 9.01. The van der Waals surface area contributed by atoms with Gasteiger partial charge in [-0.25, -0.2) is 0 Å². The molecular weight excluding hydrogens is 304 g/mol. The molecule has 0 radical (unpaired) electrons. The number of carbonyl (C=O) groups is 1. The molecule has 1 saturated carbocycles. The molecule has 2 atom stereocenters. The van der Waals surface area contributed by atoms with Gasteiger partial charge in [0, 0.05) is 43.9 Å². The standard InChI is InChI=1S/C19H28N2O3/c1-20(13-15-3-2-4-18(15)23)19(24)14-5-7-16(8-6-14)21-11-9-17(22)10-12-21/h5-8,15,17-18,22-23H,2-4,9-13H2,1H3. The van der Waals surface area contributed by atoms with Gasteiger partial charge in [-0.2, -0.15) is 0 Å². The number of carbonyl (C=O) groups excluding carboxylic acids is 1. The number of nitrogens with zero attached hydrogens (tertiary/aromatic N) is 2. The highest BCUT2D eigenvalue weighted by molar-refractivity contribution is 5.94. The highest BCUT2D eigenvalue weighted by atomic mass is 16.3. The van der Waals surface area contributed by atoms with Crippen LogP contribution in [0, 0.1) is 5.92 Å². The highest BCUT2D eigenvalue weighted by Gasteiger charge is 2.27. The summed E-state index contributed by atoms with van der Waals surface area (Å²) in [6, 6.07) is 7.74. The van der Waals surface area contributed by atoms with Crippen molar-refractivity contribution in [3.05, 3.63) is 29.8 Å². The van der Waals surface area contributed by atoms with Crippen molar-refractivity contribution in [3.8, 4) is 0 Å². The largest absolute Gasteiger partial charge is 0.393 e. The lowest BCUT2D eigenvalue weighted by atomic mass is 10.0. The summed E-state index contributed by atoms with van der Waals surface area (Å²) in [5, 5.41) is 19.5. The second kappa shape index (κ2) is 7.53. The van der Waals surface area contributed by atoms with E-state index in [1.807, 2.05) is 31.3 Å². The van der Waals surface area contributed by atoms with Crippen molar-refractivity contribution in [1.82, 2.24) is 4.90 Å². The molecule has 2 unspecified atom stereocenters. The Morgan fingerprint density at radius 1 is 1.12 bits per heavy atom. The number of amides is 1. The number of hydrogen-bond acceptors (Lipinski definition) is 4. The maximum absolute atomic E-state index is 12.6. The summed E-state index contributed by atoms with van der Waals surface area (Å²) < 4.78 is 0. The van der Waals surface area contributed by atoms with Crippen LogP contribution in [-0.2, 0) is 0 Å². The minimum absolute atomic E-state index is 0.00900. The van der Waals surface area contributed by atoms with E-state index in [1.165, 1.54) is 0 Å². The van der Waals surface area contributed by atoms with Gasteiger partial charge in [-0.05, 0) is 49.9 Å². The fraction of sp³-hybridized carbons (Fsp3) is 0.632. The third-order valence-electron chi connectivity index (χ3n) is 5.42. The molecule has 0 spiro atoms. The number of piperidine rings is 1. The maximum atomic E-state index is 12.6. The second-order valence-electron chi connectivity index (χ2n) is 7.21. The maximum Gasteiger partial charge on any atom is 0.253 e. The van der Waals surface area contributed by atoms with Gasteiger partial charge >= 0.3 is 0 Å². The van der Waals surface area contributed by atoms with E-state index in [9.17, 15) is 15.0 Å². The van der Waals surface area contributed by atoms with E-state index in [0.717, 1.165) is 50.9 Å². The SMILES string of the molecule is CN(CC1CCCC1O)C(=O)c1ccc(N2CCC(O)CC2)cc1. The van der Waals surface area contributed by atoms with Crippen molar-refractivity contribution in [2.75, 3.05) is 31.6 Å². The third-order valence-corrected chi connectivity index (χ3v) is 5.42.